The maximum absolute atomic E-state index is 9.48. The first kappa shape index (κ1) is 18.0. The molecule has 8 aromatic carbocycles. The summed E-state index contributed by atoms with van der Waals surface area (Å²) >= 11 is 0. The van der Waals surface area contributed by atoms with E-state index < -0.39 is 18.1 Å². The molecule has 1 nitrogen and oxygen atoms in total. The van der Waals surface area contributed by atoms with Crippen molar-refractivity contribution in [3.8, 4) is 44.5 Å². The van der Waals surface area contributed by atoms with E-state index in [1.807, 2.05) is 97.1 Å². The van der Waals surface area contributed by atoms with Gasteiger partial charge in [-0.05, 0) is 90.3 Å². The lowest BCUT2D eigenvalue weighted by Crippen LogP contribution is -1.91. The van der Waals surface area contributed by atoms with Gasteiger partial charge in [0.25, 0.3) is 0 Å². The van der Waals surface area contributed by atoms with Crippen molar-refractivity contribution in [1.82, 2.24) is 0 Å². The van der Waals surface area contributed by atoms with Gasteiger partial charge in [0.15, 0.2) is 0 Å². The lowest BCUT2D eigenvalue weighted by Gasteiger charge is -2.18. The zero-order valence-electron chi connectivity index (χ0n) is 32.9. The minimum absolute atomic E-state index is 0.0155. The Bertz CT molecular complexity index is 2960. The van der Waals surface area contributed by atoms with E-state index in [2.05, 4.69) is 0 Å². The molecule has 0 radical (unpaired) electrons. The van der Waals surface area contributed by atoms with Gasteiger partial charge in [-0.15, -0.1) is 0 Å². The topological polar surface area (TPSA) is 13.1 Å². The van der Waals surface area contributed by atoms with Crippen LogP contribution in [0.15, 0.2) is 174 Å². The van der Waals surface area contributed by atoms with Gasteiger partial charge in [0.05, 0.1) is 12.3 Å². The Morgan fingerprint density at radius 1 is 0.400 bits per heavy atom. The molecule has 0 aliphatic carbocycles. The monoisotopic (exact) mass is 581 g/mol. The average Bonchev–Trinajstić information content (AvgIpc) is 3.57. The summed E-state index contributed by atoms with van der Waals surface area (Å²) in [5, 5.41) is 4.60. The van der Waals surface area contributed by atoms with Crippen LogP contribution in [0.4, 0.5) is 0 Å². The molecule has 1 aromatic heterocycles. The molecular formula is C44H28O. The van der Waals surface area contributed by atoms with Crippen molar-refractivity contribution in [3.63, 3.8) is 0 Å². The number of rotatable bonds is 4. The smallest absolute Gasteiger partial charge is 0.136 e. The van der Waals surface area contributed by atoms with Crippen LogP contribution in [-0.2, 0) is 0 Å². The number of benzene rings is 8. The third-order valence-electron chi connectivity index (χ3n) is 8.42. The first-order chi connectivity index (χ1) is 26.1. The van der Waals surface area contributed by atoms with Crippen LogP contribution in [0.3, 0.4) is 0 Å². The van der Waals surface area contributed by atoms with Crippen LogP contribution in [-0.4, -0.2) is 0 Å². The molecule has 0 N–H and O–H groups in total. The van der Waals surface area contributed by atoms with E-state index in [0.717, 1.165) is 32.7 Å². The van der Waals surface area contributed by atoms with Gasteiger partial charge in [-0.25, -0.2) is 0 Å². The van der Waals surface area contributed by atoms with Crippen molar-refractivity contribution < 1.29 is 16.8 Å². The SMILES string of the molecule is [2H]c1c([2H])c([2H])c(-c2cccc3oc4ccc(-c5c6ccccc6c(-c6c([2H])c([2H])c([2H])c(-c7ccccc7)c6[2H])c6ccccc56)cc4c23)c([2H])c1[2H]. The second-order valence-electron chi connectivity index (χ2n) is 10.9. The largest absolute Gasteiger partial charge is 0.456 e. The Balaban J connectivity index is 1.36. The number of fused-ring (bicyclic) bond motifs is 5. The third kappa shape index (κ3) is 4.17. The van der Waals surface area contributed by atoms with Gasteiger partial charge in [-0.2, -0.15) is 0 Å². The van der Waals surface area contributed by atoms with Crippen molar-refractivity contribution in [3.05, 3.63) is 170 Å². The van der Waals surface area contributed by atoms with Gasteiger partial charge in [0.1, 0.15) is 11.2 Å². The standard InChI is InChI=1S/C44H28O/c1-3-13-29(14-4-1)31-17-11-18-32(27-31)42-35-19-7-9-21-37(35)43(38-22-10-8-20-36(38)42)33-25-26-40-39(28-33)44-34(23-12-24-41(44)45-40)30-15-5-2-6-16-30/h1-28H/i2D,5D,6D,11D,15D,16D,17D,18D,27D. The van der Waals surface area contributed by atoms with Crippen LogP contribution in [0.25, 0.3) is 88.0 Å². The fourth-order valence-corrected chi connectivity index (χ4v) is 6.50. The van der Waals surface area contributed by atoms with Gasteiger partial charge in [0.2, 0.25) is 0 Å². The molecule has 0 aliphatic heterocycles. The Hall–Kier alpha value is -5.92. The van der Waals surface area contributed by atoms with Gasteiger partial charge in [0, 0.05) is 10.8 Å². The van der Waals surface area contributed by atoms with Crippen LogP contribution in [0.2, 0.25) is 0 Å². The van der Waals surface area contributed by atoms with Crippen LogP contribution in [0.5, 0.6) is 0 Å². The number of hydrogen-bond donors (Lipinski definition) is 0. The molecule has 0 saturated heterocycles. The van der Waals surface area contributed by atoms with E-state index in [9.17, 15) is 1.37 Å². The highest BCUT2D eigenvalue weighted by molar-refractivity contribution is 6.22. The van der Waals surface area contributed by atoms with Crippen LogP contribution in [0.1, 0.15) is 12.3 Å². The summed E-state index contributed by atoms with van der Waals surface area (Å²) < 4.78 is 84.8. The van der Waals surface area contributed by atoms with Crippen molar-refractivity contribution in [2.45, 2.75) is 0 Å². The molecule has 0 unspecified atom stereocenters. The summed E-state index contributed by atoms with van der Waals surface area (Å²) in [5.74, 6) is 0. The molecule has 0 fully saturated rings. The third-order valence-corrected chi connectivity index (χ3v) is 8.42. The molecule has 9 aromatic rings. The van der Waals surface area contributed by atoms with Crippen LogP contribution >= 0.6 is 0 Å². The quantitative estimate of drug-likeness (QED) is 0.188. The molecule has 0 spiro atoms. The normalized spacial score (nSPS) is 14.4. The van der Waals surface area contributed by atoms with E-state index >= 15 is 0 Å². The molecule has 45 heavy (non-hydrogen) atoms. The number of furan rings is 1. The summed E-state index contributed by atoms with van der Waals surface area (Å²) in [5.41, 5.74) is 5.25. The highest BCUT2D eigenvalue weighted by Crippen LogP contribution is 2.46. The van der Waals surface area contributed by atoms with Gasteiger partial charge in [-0.1, -0.05) is 145 Å². The average molecular weight is 582 g/mol. The molecular weight excluding hydrogens is 544 g/mol. The van der Waals surface area contributed by atoms with Crippen molar-refractivity contribution in [1.29, 1.82) is 0 Å². The summed E-state index contributed by atoms with van der Waals surface area (Å²) in [6.45, 7) is 0. The summed E-state index contributed by atoms with van der Waals surface area (Å²) in [6, 6.07) is 33.5. The predicted molar refractivity (Wildman–Crippen MR) is 190 cm³/mol. The second-order valence-corrected chi connectivity index (χ2v) is 10.9. The van der Waals surface area contributed by atoms with Crippen molar-refractivity contribution in [2.75, 3.05) is 0 Å². The van der Waals surface area contributed by atoms with E-state index in [4.69, 9.17) is 15.4 Å². The molecule has 0 aliphatic rings. The molecule has 1 heteroatoms. The molecule has 0 saturated carbocycles. The molecule has 9 rings (SSSR count). The minimum Gasteiger partial charge on any atom is -0.456 e. The zero-order chi connectivity index (χ0) is 37.6. The fraction of sp³-hybridized carbons (Fsp3) is 0. The lowest BCUT2D eigenvalue weighted by atomic mass is 9.85. The van der Waals surface area contributed by atoms with Crippen molar-refractivity contribution >= 4 is 43.5 Å². The molecule has 0 amide bonds. The predicted octanol–water partition coefficient (Wildman–Crippen LogP) is 12.6. The molecule has 0 bridgehead atoms. The van der Waals surface area contributed by atoms with Gasteiger partial charge < -0.3 is 4.42 Å². The lowest BCUT2D eigenvalue weighted by molar-refractivity contribution is 0.669. The fourth-order valence-electron chi connectivity index (χ4n) is 6.50. The van der Waals surface area contributed by atoms with Crippen molar-refractivity contribution in [2.24, 2.45) is 0 Å². The van der Waals surface area contributed by atoms with Crippen LogP contribution < -0.4 is 0 Å². The summed E-state index contributed by atoms with van der Waals surface area (Å²) in [6.07, 6.45) is 0. The Labute approximate surface area is 274 Å². The maximum atomic E-state index is 9.48. The number of hydrogen-bond acceptors (Lipinski definition) is 1. The summed E-state index contributed by atoms with van der Waals surface area (Å²) in [4.78, 5) is 0. The van der Waals surface area contributed by atoms with E-state index in [-0.39, 0.29) is 47.4 Å². The van der Waals surface area contributed by atoms with Gasteiger partial charge in [-0.3, -0.25) is 0 Å². The Morgan fingerprint density at radius 3 is 1.73 bits per heavy atom. The van der Waals surface area contributed by atoms with Crippen LogP contribution in [0, 0.1) is 0 Å². The van der Waals surface area contributed by atoms with E-state index in [1.54, 1.807) is 18.2 Å². The molecule has 1 heterocycles. The summed E-state index contributed by atoms with van der Waals surface area (Å²) in [7, 11) is 0. The molecule has 0 atom stereocenters. The maximum Gasteiger partial charge on any atom is 0.136 e. The highest BCUT2D eigenvalue weighted by Gasteiger charge is 2.19. The first-order valence-corrected chi connectivity index (χ1v) is 14.7. The second kappa shape index (κ2) is 10.4. The van der Waals surface area contributed by atoms with E-state index in [0.29, 0.717) is 44.2 Å². The van der Waals surface area contributed by atoms with E-state index in [1.165, 1.54) is 0 Å². The van der Waals surface area contributed by atoms with Gasteiger partial charge >= 0.3 is 0 Å². The zero-order valence-corrected chi connectivity index (χ0v) is 23.9. The first-order valence-electron chi connectivity index (χ1n) is 19.2. The minimum atomic E-state index is -0.455. The highest BCUT2D eigenvalue weighted by atomic mass is 16.3. The Kier molecular flexibility index (Phi) is 4.15. The molecule has 210 valence electrons. The Morgan fingerprint density at radius 2 is 1.02 bits per heavy atom.